The molecule has 0 unspecified atom stereocenters. The van der Waals surface area contributed by atoms with Crippen LogP contribution in [-0.4, -0.2) is 16.9 Å². The molecule has 2 aromatic heterocycles. The van der Waals surface area contributed by atoms with Crippen molar-refractivity contribution in [2.45, 2.75) is 6.92 Å². The second kappa shape index (κ2) is 6.18. The van der Waals surface area contributed by atoms with Crippen molar-refractivity contribution in [3.8, 4) is 22.6 Å². The van der Waals surface area contributed by atoms with Gasteiger partial charge in [-0.25, -0.2) is 4.68 Å². The average molecular weight is 348 g/mol. The van der Waals surface area contributed by atoms with Crippen molar-refractivity contribution in [2.24, 2.45) is 0 Å². The van der Waals surface area contributed by atoms with Crippen LogP contribution in [0.2, 0.25) is 0 Å². The highest BCUT2D eigenvalue weighted by molar-refractivity contribution is 7.71. The van der Waals surface area contributed by atoms with E-state index in [1.807, 2.05) is 72.5 Å². The van der Waals surface area contributed by atoms with Gasteiger partial charge in [0.15, 0.2) is 0 Å². The lowest BCUT2D eigenvalue weighted by Gasteiger charge is -2.08. The van der Waals surface area contributed by atoms with Crippen LogP contribution < -0.4 is 4.74 Å². The third kappa shape index (κ3) is 2.72. The largest absolute Gasteiger partial charge is 0.497 e. The molecule has 2 aromatic carbocycles. The number of hydrogen-bond donors (Lipinski definition) is 0. The molecule has 2 heterocycles. The Kier molecular flexibility index (Phi) is 3.86. The van der Waals surface area contributed by atoms with Crippen molar-refractivity contribution < 1.29 is 9.15 Å². The lowest BCUT2D eigenvalue weighted by molar-refractivity contribution is 0.414. The summed E-state index contributed by atoms with van der Waals surface area (Å²) >= 11 is 5.73. The number of aromatic nitrogens is 2. The first-order chi connectivity index (χ1) is 12.2. The van der Waals surface area contributed by atoms with Crippen LogP contribution in [0.5, 0.6) is 5.75 Å². The van der Waals surface area contributed by atoms with Gasteiger partial charge in [-0.05, 0) is 31.2 Å². The molecule has 25 heavy (non-hydrogen) atoms. The number of rotatable bonds is 3. The first-order valence-corrected chi connectivity index (χ1v) is 8.30. The van der Waals surface area contributed by atoms with Gasteiger partial charge in [-0.3, -0.25) is 0 Å². The van der Waals surface area contributed by atoms with E-state index in [9.17, 15) is 0 Å². The number of nitrogens with zero attached hydrogens (tertiary/aromatic N) is 2. The molecule has 0 aliphatic rings. The quantitative estimate of drug-likeness (QED) is 0.469. The van der Waals surface area contributed by atoms with E-state index in [2.05, 4.69) is 5.10 Å². The predicted octanol–water partition coefficient (Wildman–Crippen LogP) is 5.33. The van der Waals surface area contributed by atoms with E-state index in [0.717, 1.165) is 43.8 Å². The molecular formula is C20H16N2O2S. The lowest BCUT2D eigenvalue weighted by Crippen LogP contribution is -1.92. The van der Waals surface area contributed by atoms with E-state index < -0.39 is 0 Å². The molecule has 0 aliphatic heterocycles. The Morgan fingerprint density at radius 2 is 1.92 bits per heavy atom. The molecule has 0 radical (unpaired) electrons. The zero-order valence-electron chi connectivity index (χ0n) is 13.9. The van der Waals surface area contributed by atoms with Crippen molar-refractivity contribution in [1.29, 1.82) is 0 Å². The lowest BCUT2D eigenvalue weighted by atomic mass is 10.1. The highest BCUT2D eigenvalue weighted by Gasteiger charge is 2.13. The highest BCUT2D eigenvalue weighted by atomic mass is 32.1. The molecule has 124 valence electrons. The van der Waals surface area contributed by atoms with Crippen LogP contribution in [-0.2, 0) is 0 Å². The second-order valence-electron chi connectivity index (χ2n) is 5.73. The van der Waals surface area contributed by atoms with E-state index in [1.54, 1.807) is 7.11 Å². The summed E-state index contributed by atoms with van der Waals surface area (Å²) in [7, 11) is 1.63. The minimum atomic E-state index is 0.723. The minimum Gasteiger partial charge on any atom is -0.497 e. The predicted molar refractivity (Wildman–Crippen MR) is 101 cm³/mol. The smallest absolute Gasteiger partial charge is 0.139 e. The number of ether oxygens (including phenoxy) is 1. The van der Waals surface area contributed by atoms with Crippen molar-refractivity contribution in [3.63, 3.8) is 0 Å². The summed E-state index contributed by atoms with van der Waals surface area (Å²) in [5, 5.41) is 5.35. The Balaban J connectivity index is 1.87. The third-order valence-corrected chi connectivity index (χ3v) is 4.59. The van der Waals surface area contributed by atoms with Gasteiger partial charge in [-0.2, -0.15) is 5.10 Å². The molecule has 0 atom stereocenters. The SMILES string of the molecule is COc1ccc2c(=S)c(-c3cnn(-c4ccccc4)c3)c(C)oc2c1. The number of para-hydroxylation sites is 1. The van der Waals surface area contributed by atoms with Gasteiger partial charge in [0, 0.05) is 28.8 Å². The van der Waals surface area contributed by atoms with Crippen LogP contribution >= 0.6 is 12.2 Å². The fourth-order valence-electron chi connectivity index (χ4n) is 2.92. The first-order valence-electron chi connectivity index (χ1n) is 7.89. The summed E-state index contributed by atoms with van der Waals surface area (Å²) in [6.07, 6.45) is 3.79. The summed E-state index contributed by atoms with van der Waals surface area (Å²) < 4.78 is 13.9. The molecule has 0 amide bonds. The first kappa shape index (κ1) is 15.6. The zero-order chi connectivity index (χ0) is 17.4. The van der Waals surface area contributed by atoms with Crippen molar-refractivity contribution in [2.75, 3.05) is 7.11 Å². The average Bonchev–Trinajstić information content (AvgIpc) is 3.11. The van der Waals surface area contributed by atoms with Crippen LogP contribution in [0, 0.1) is 11.4 Å². The molecule has 0 aliphatic carbocycles. The molecule has 0 saturated heterocycles. The van der Waals surface area contributed by atoms with Crippen LogP contribution in [0.1, 0.15) is 5.76 Å². The Morgan fingerprint density at radius 1 is 1.12 bits per heavy atom. The summed E-state index contributed by atoms with van der Waals surface area (Å²) in [6.45, 7) is 1.92. The monoisotopic (exact) mass is 348 g/mol. The fraction of sp³-hybridized carbons (Fsp3) is 0.100. The molecule has 0 bridgehead atoms. The Morgan fingerprint density at radius 3 is 2.68 bits per heavy atom. The molecule has 4 rings (SSSR count). The molecular weight excluding hydrogens is 332 g/mol. The highest BCUT2D eigenvalue weighted by Crippen LogP contribution is 2.32. The van der Waals surface area contributed by atoms with Gasteiger partial charge in [-0.15, -0.1) is 0 Å². The van der Waals surface area contributed by atoms with Crippen LogP contribution in [0.25, 0.3) is 27.8 Å². The summed E-state index contributed by atoms with van der Waals surface area (Å²) in [6, 6.07) is 15.7. The maximum absolute atomic E-state index is 6.00. The zero-order valence-corrected chi connectivity index (χ0v) is 14.7. The van der Waals surface area contributed by atoms with Crippen LogP contribution in [0.15, 0.2) is 65.3 Å². The van der Waals surface area contributed by atoms with Crippen molar-refractivity contribution in [1.82, 2.24) is 9.78 Å². The number of hydrogen-bond acceptors (Lipinski definition) is 4. The fourth-order valence-corrected chi connectivity index (χ4v) is 3.35. The summed E-state index contributed by atoms with van der Waals surface area (Å²) in [4.78, 5) is 0. The summed E-state index contributed by atoms with van der Waals surface area (Å²) in [5.74, 6) is 1.51. The second-order valence-corrected chi connectivity index (χ2v) is 6.14. The van der Waals surface area contributed by atoms with Gasteiger partial charge in [0.05, 0.1) is 23.5 Å². The van der Waals surface area contributed by atoms with E-state index >= 15 is 0 Å². The summed E-state index contributed by atoms with van der Waals surface area (Å²) in [5.41, 5.74) is 3.56. The Hall–Kier alpha value is -2.92. The van der Waals surface area contributed by atoms with Gasteiger partial charge in [0.1, 0.15) is 17.1 Å². The number of benzene rings is 2. The van der Waals surface area contributed by atoms with E-state index in [-0.39, 0.29) is 0 Å². The van der Waals surface area contributed by atoms with Gasteiger partial charge >= 0.3 is 0 Å². The number of aryl methyl sites for hydroxylation is 1. The van der Waals surface area contributed by atoms with Crippen LogP contribution in [0.4, 0.5) is 0 Å². The maximum atomic E-state index is 6.00. The van der Waals surface area contributed by atoms with Gasteiger partial charge in [0.2, 0.25) is 0 Å². The van der Waals surface area contributed by atoms with E-state index in [4.69, 9.17) is 21.4 Å². The van der Waals surface area contributed by atoms with Gasteiger partial charge in [-0.1, -0.05) is 30.4 Å². The van der Waals surface area contributed by atoms with Crippen molar-refractivity contribution >= 4 is 23.2 Å². The molecule has 0 spiro atoms. The Bertz CT molecular complexity index is 1110. The normalized spacial score (nSPS) is 11.0. The molecule has 0 saturated carbocycles. The van der Waals surface area contributed by atoms with Crippen LogP contribution in [0.3, 0.4) is 0 Å². The number of methoxy groups -OCH3 is 1. The number of fused-ring (bicyclic) bond motifs is 1. The van der Waals surface area contributed by atoms with Crippen molar-refractivity contribution in [3.05, 3.63) is 71.2 Å². The third-order valence-electron chi connectivity index (χ3n) is 4.17. The standard InChI is InChI=1S/C20H16N2O2S/c1-13-19(14-11-21-22(12-14)15-6-4-3-5-7-15)20(25)17-9-8-16(23-2)10-18(17)24-13/h3-12H,1-2H3. The molecule has 4 aromatic rings. The molecule has 0 N–H and O–H groups in total. The van der Waals surface area contributed by atoms with Gasteiger partial charge < -0.3 is 9.15 Å². The van der Waals surface area contributed by atoms with Gasteiger partial charge in [0.25, 0.3) is 0 Å². The van der Waals surface area contributed by atoms with E-state index in [1.165, 1.54) is 0 Å². The molecule has 0 fully saturated rings. The minimum absolute atomic E-state index is 0.723. The molecule has 5 heteroatoms. The topological polar surface area (TPSA) is 40.2 Å². The molecule has 4 nitrogen and oxygen atoms in total. The van der Waals surface area contributed by atoms with E-state index in [0.29, 0.717) is 0 Å². The maximum Gasteiger partial charge on any atom is 0.139 e. The Labute approximate surface area is 150 Å².